The summed E-state index contributed by atoms with van der Waals surface area (Å²) in [5.74, 6) is -0.419. The summed E-state index contributed by atoms with van der Waals surface area (Å²) in [6.45, 7) is 1.85. The van der Waals surface area contributed by atoms with Crippen LogP contribution < -0.4 is 0 Å². The Kier molecular flexibility index (Phi) is 4.14. The molecule has 0 aliphatic carbocycles. The topological polar surface area (TPSA) is 66.6 Å². The lowest BCUT2D eigenvalue weighted by molar-refractivity contribution is -0.142. The molecule has 0 radical (unpaired) electrons. The SMILES string of the molecule is CC(C(=O)O)N(C)Cc1ncc(-c2cccc(F)c2)o1. The van der Waals surface area contributed by atoms with E-state index in [1.807, 2.05) is 0 Å². The Bertz CT molecular complexity index is 612. The van der Waals surface area contributed by atoms with Gasteiger partial charge in [-0.05, 0) is 26.1 Å². The van der Waals surface area contributed by atoms with E-state index in [-0.39, 0.29) is 12.4 Å². The normalized spacial score (nSPS) is 12.6. The van der Waals surface area contributed by atoms with Crippen LogP contribution >= 0.6 is 0 Å². The highest BCUT2D eigenvalue weighted by atomic mass is 19.1. The van der Waals surface area contributed by atoms with E-state index in [1.54, 1.807) is 31.0 Å². The molecule has 1 aromatic heterocycles. The van der Waals surface area contributed by atoms with Gasteiger partial charge in [0.2, 0.25) is 5.89 Å². The van der Waals surface area contributed by atoms with Crippen molar-refractivity contribution in [1.29, 1.82) is 0 Å². The Labute approximate surface area is 115 Å². The van der Waals surface area contributed by atoms with E-state index in [4.69, 9.17) is 9.52 Å². The fourth-order valence-corrected chi connectivity index (χ4v) is 1.70. The quantitative estimate of drug-likeness (QED) is 0.909. The lowest BCUT2D eigenvalue weighted by atomic mass is 10.2. The molecule has 0 amide bonds. The molecule has 0 bridgehead atoms. The van der Waals surface area contributed by atoms with Crippen LogP contribution in [-0.2, 0) is 11.3 Å². The van der Waals surface area contributed by atoms with E-state index in [0.717, 1.165) is 0 Å². The number of hydrogen-bond acceptors (Lipinski definition) is 4. The van der Waals surface area contributed by atoms with Crippen molar-refractivity contribution in [3.8, 4) is 11.3 Å². The summed E-state index contributed by atoms with van der Waals surface area (Å²) in [5, 5.41) is 8.91. The van der Waals surface area contributed by atoms with Crippen molar-refractivity contribution < 1.29 is 18.7 Å². The zero-order chi connectivity index (χ0) is 14.7. The highest BCUT2D eigenvalue weighted by Crippen LogP contribution is 2.21. The van der Waals surface area contributed by atoms with Crippen molar-refractivity contribution in [1.82, 2.24) is 9.88 Å². The highest BCUT2D eigenvalue weighted by molar-refractivity contribution is 5.72. The van der Waals surface area contributed by atoms with Gasteiger partial charge in [0.1, 0.15) is 11.9 Å². The average Bonchev–Trinajstić information content (AvgIpc) is 2.86. The van der Waals surface area contributed by atoms with Crippen molar-refractivity contribution in [2.75, 3.05) is 7.05 Å². The number of rotatable bonds is 5. The molecule has 0 saturated heterocycles. The molecular formula is C14H15FN2O3. The summed E-state index contributed by atoms with van der Waals surface area (Å²) >= 11 is 0. The number of carboxylic acid groups (broad SMARTS) is 1. The second-order valence-corrected chi connectivity index (χ2v) is 4.56. The summed E-state index contributed by atoms with van der Waals surface area (Å²) in [6, 6.07) is 5.37. The van der Waals surface area contributed by atoms with Crippen LogP contribution in [0.5, 0.6) is 0 Å². The molecule has 1 unspecified atom stereocenters. The van der Waals surface area contributed by atoms with E-state index >= 15 is 0 Å². The van der Waals surface area contributed by atoms with Crippen molar-refractivity contribution >= 4 is 5.97 Å². The van der Waals surface area contributed by atoms with Crippen LogP contribution in [0.15, 0.2) is 34.9 Å². The summed E-state index contributed by atoms with van der Waals surface area (Å²) in [6.07, 6.45) is 1.50. The third-order valence-corrected chi connectivity index (χ3v) is 3.07. The molecule has 106 valence electrons. The minimum Gasteiger partial charge on any atom is -0.480 e. The van der Waals surface area contributed by atoms with Gasteiger partial charge < -0.3 is 9.52 Å². The third kappa shape index (κ3) is 3.21. The smallest absolute Gasteiger partial charge is 0.320 e. The molecule has 0 saturated carbocycles. The Morgan fingerprint density at radius 2 is 2.30 bits per heavy atom. The van der Waals surface area contributed by atoms with Gasteiger partial charge >= 0.3 is 5.97 Å². The molecule has 0 fully saturated rings. The number of aromatic nitrogens is 1. The van der Waals surface area contributed by atoms with Gasteiger partial charge in [0.15, 0.2) is 5.76 Å². The monoisotopic (exact) mass is 278 g/mol. The molecule has 0 aliphatic heterocycles. The van der Waals surface area contributed by atoms with E-state index in [1.165, 1.54) is 18.3 Å². The molecule has 5 nitrogen and oxygen atoms in total. The molecule has 1 heterocycles. The Hall–Kier alpha value is -2.21. The zero-order valence-electron chi connectivity index (χ0n) is 11.2. The molecule has 1 N–H and O–H groups in total. The van der Waals surface area contributed by atoms with E-state index in [0.29, 0.717) is 17.2 Å². The maximum absolute atomic E-state index is 13.1. The van der Waals surface area contributed by atoms with E-state index in [2.05, 4.69) is 4.98 Å². The first-order valence-electron chi connectivity index (χ1n) is 6.11. The highest BCUT2D eigenvalue weighted by Gasteiger charge is 2.18. The number of likely N-dealkylation sites (N-methyl/N-ethyl adjacent to an activating group) is 1. The van der Waals surface area contributed by atoms with E-state index in [9.17, 15) is 9.18 Å². The van der Waals surface area contributed by atoms with Gasteiger partial charge in [0.05, 0.1) is 12.7 Å². The number of aliphatic carboxylic acids is 1. The average molecular weight is 278 g/mol. The van der Waals surface area contributed by atoms with Crippen molar-refractivity contribution in [3.05, 3.63) is 42.2 Å². The largest absolute Gasteiger partial charge is 0.480 e. The molecular weight excluding hydrogens is 263 g/mol. The van der Waals surface area contributed by atoms with Crippen LogP contribution in [0.2, 0.25) is 0 Å². The first kappa shape index (κ1) is 14.2. The second kappa shape index (κ2) is 5.83. The first-order valence-corrected chi connectivity index (χ1v) is 6.11. The van der Waals surface area contributed by atoms with Gasteiger partial charge in [0.25, 0.3) is 0 Å². The Morgan fingerprint density at radius 1 is 1.55 bits per heavy atom. The lowest BCUT2D eigenvalue weighted by Crippen LogP contribution is -2.35. The number of carbonyl (C=O) groups is 1. The predicted octanol–water partition coefficient (Wildman–Crippen LogP) is 2.39. The van der Waals surface area contributed by atoms with Crippen LogP contribution in [0.25, 0.3) is 11.3 Å². The molecule has 20 heavy (non-hydrogen) atoms. The summed E-state index contributed by atoms with van der Waals surface area (Å²) < 4.78 is 18.6. The van der Waals surface area contributed by atoms with Crippen molar-refractivity contribution in [3.63, 3.8) is 0 Å². The number of oxazole rings is 1. The number of benzene rings is 1. The lowest BCUT2D eigenvalue weighted by Gasteiger charge is -2.18. The Balaban J connectivity index is 2.11. The first-order chi connectivity index (χ1) is 9.47. The molecule has 1 atom stereocenters. The fourth-order valence-electron chi connectivity index (χ4n) is 1.70. The van der Waals surface area contributed by atoms with Gasteiger partial charge in [-0.1, -0.05) is 12.1 Å². The van der Waals surface area contributed by atoms with E-state index < -0.39 is 12.0 Å². The molecule has 2 aromatic rings. The van der Waals surface area contributed by atoms with Gasteiger partial charge in [-0.3, -0.25) is 9.69 Å². The molecule has 0 aliphatic rings. The standard InChI is InChI=1S/C14H15FN2O3/c1-9(14(18)19)17(2)8-13-16-7-12(20-13)10-4-3-5-11(15)6-10/h3-7,9H,8H2,1-2H3,(H,18,19). The Morgan fingerprint density at radius 3 is 2.95 bits per heavy atom. The predicted molar refractivity (Wildman–Crippen MR) is 70.5 cm³/mol. The van der Waals surface area contributed by atoms with Crippen LogP contribution in [0, 0.1) is 5.82 Å². The summed E-state index contributed by atoms with van der Waals surface area (Å²) in [5.41, 5.74) is 0.595. The maximum atomic E-state index is 13.1. The number of carboxylic acids is 1. The van der Waals surface area contributed by atoms with Crippen LogP contribution in [0.1, 0.15) is 12.8 Å². The fraction of sp³-hybridized carbons (Fsp3) is 0.286. The number of halogens is 1. The molecule has 0 spiro atoms. The van der Waals surface area contributed by atoms with Crippen LogP contribution in [0.3, 0.4) is 0 Å². The van der Waals surface area contributed by atoms with Gasteiger partial charge in [-0.25, -0.2) is 9.37 Å². The van der Waals surface area contributed by atoms with Crippen LogP contribution in [-0.4, -0.2) is 34.0 Å². The minimum atomic E-state index is -0.913. The third-order valence-electron chi connectivity index (χ3n) is 3.07. The van der Waals surface area contributed by atoms with Gasteiger partial charge in [0, 0.05) is 5.56 Å². The number of hydrogen-bond donors (Lipinski definition) is 1. The van der Waals surface area contributed by atoms with Crippen LogP contribution in [0.4, 0.5) is 4.39 Å². The summed E-state index contributed by atoms with van der Waals surface area (Å²) in [4.78, 5) is 16.5. The molecule has 2 rings (SSSR count). The van der Waals surface area contributed by atoms with Crippen molar-refractivity contribution in [2.24, 2.45) is 0 Å². The van der Waals surface area contributed by atoms with Gasteiger partial charge in [-0.2, -0.15) is 0 Å². The second-order valence-electron chi connectivity index (χ2n) is 4.56. The molecule has 1 aromatic carbocycles. The maximum Gasteiger partial charge on any atom is 0.320 e. The number of nitrogens with zero attached hydrogens (tertiary/aromatic N) is 2. The minimum absolute atomic E-state index is 0.267. The van der Waals surface area contributed by atoms with Gasteiger partial charge in [-0.15, -0.1) is 0 Å². The van der Waals surface area contributed by atoms with Crippen molar-refractivity contribution in [2.45, 2.75) is 19.5 Å². The summed E-state index contributed by atoms with van der Waals surface area (Å²) in [7, 11) is 1.67. The zero-order valence-corrected chi connectivity index (χ0v) is 11.2. The molecule has 6 heteroatoms.